The van der Waals surface area contributed by atoms with E-state index in [1.165, 1.54) is 48.7 Å². The zero-order chi connectivity index (χ0) is 20.5. The summed E-state index contributed by atoms with van der Waals surface area (Å²) < 4.78 is 10.2. The van der Waals surface area contributed by atoms with Crippen LogP contribution in [0.5, 0.6) is 5.75 Å². The average Bonchev–Trinajstić information content (AvgIpc) is 2.68. The molecule has 0 saturated carbocycles. The third-order valence-electron chi connectivity index (χ3n) is 3.32. The van der Waals surface area contributed by atoms with Gasteiger partial charge in [-0.25, -0.2) is 10.2 Å². The number of nitro groups is 1. The zero-order valence-corrected chi connectivity index (χ0v) is 15.5. The molecule has 0 bridgehead atoms. The van der Waals surface area contributed by atoms with E-state index < -0.39 is 16.8 Å². The quantitative estimate of drug-likeness (QED) is 0.312. The number of benzene rings is 2. The Hall–Kier alpha value is -3.46. The average molecular weight is 406 g/mol. The molecule has 0 aliphatic carbocycles. The number of rotatable bonds is 8. The van der Waals surface area contributed by atoms with Crippen LogP contribution in [0.4, 0.5) is 5.69 Å². The molecule has 28 heavy (non-hydrogen) atoms. The highest BCUT2D eigenvalue weighted by Crippen LogP contribution is 2.20. The van der Waals surface area contributed by atoms with E-state index in [2.05, 4.69) is 10.5 Å². The Labute approximate surface area is 165 Å². The first kappa shape index (κ1) is 20.8. The van der Waals surface area contributed by atoms with Gasteiger partial charge in [-0.1, -0.05) is 11.6 Å². The summed E-state index contributed by atoms with van der Waals surface area (Å²) >= 11 is 5.93. The lowest BCUT2D eigenvalue weighted by Crippen LogP contribution is -2.24. The third kappa shape index (κ3) is 6.06. The van der Waals surface area contributed by atoms with Gasteiger partial charge in [-0.2, -0.15) is 5.10 Å². The third-order valence-corrected chi connectivity index (χ3v) is 3.66. The monoisotopic (exact) mass is 405 g/mol. The summed E-state index contributed by atoms with van der Waals surface area (Å²) in [5.74, 6) is -0.609. The lowest BCUT2D eigenvalue weighted by atomic mass is 10.2. The highest BCUT2D eigenvalue weighted by Gasteiger charge is 2.09. The molecule has 1 amide bonds. The van der Waals surface area contributed by atoms with Gasteiger partial charge in [0, 0.05) is 22.7 Å². The van der Waals surface area contributed by atoms with Gasteiger partial charge in [0.2, 0.25) is 0 Å². The summed E-state index contributed by atoms with van der Waals surface area (Å²) in [4.78, 5) is 33.5. The summed E-state index contributed by atoms with van der Waals surface area (Å²) in [7, 11) is 0. The van der Waals surface area contributed by atoms with Crippen LogP contribution < -0.4 is 10.2 Å². The minimum absolute atomic E-state index is 0.147. The molecular formula is C18H16ClN3O6. The van der Waals surface area contributed by atoms with Gasteiger partial charge in [-0.05, 0) is 37.3 Å². The molecule has 0 radical (unpaired) electrons. The first-order chi connectivity index (χ1) is 13.4. The van der Waals surface area contributed by atoms with Crippen LogP contribution in [0, 0.1) is 10.1 Å². The van der Waals surface area contributed by atoms with Gasteiger partial charge in [-0.3, -0.25) is 14.9 Å². The Kier molecular flexibility index (Phi) is 7.46. The molecule has 0 saturated heterocycles. The van der Waals surface area contributed by atoms with Crippen molar-refractivity contribution in [1.29, 1.82) is 0 Å². The highest BCUT2D eigenvalue weighted by atomic mass is 35.5. The number of ether oxygens (including phenoxy) is 2. The standard InChI is InChI=1S/C18H16ClN3O6/c1-2-27-18(24)12-3-6-15(7-4-12)28-11-17(23)21-20-10-13-9-14(22(25)26)5-8-16(13)19/h3-10H,2,11H2,1H3,(H,21,23)/b20-10+. The number of hydrogen-bond acceptors (Lipinski definition) is 7. The maximum atomic E-state index is 11.8. The molecular weight excluding hydrogens is 390 g/mol. The second kappa shape index (κ2) is 10.0. The molecule has 0 unspecified atom stereocenters. The van der Waals surface area contributed by atoms with Crippen molar-refractivity contribution < 1.29 is 24.0 Å². The lowest BCUT2D eigenvalue weighted by Gasteiger charge is -2.06. The van der Waals surface area contributed by atoms with Crippen molar-refractivity contribution in [3.63, 3.8) is 0 Å². The lowest BCUT2D eigenvalue weighted by molar-refractivity contribution is -0.384. The van der Waals surface area contributed by atoms with E-state index in [4.69, 9.17) is 21.1 Å². The fraction of sp³-hybridized carbons (Fsp3) is 0.167. The van der Waals surface area contributed by atoms with Crippen LogP contribution in [0.2, 0.25) is 5.02 Å². The van der Waals surface area contributed by atoms with Crippen LogP contribution in [0.1, 0.15) is 22.8 Å². The van der Waals surface area contributed by atoms with Crippen LogP contribution >= 0.6 is 11.6 Å². The van der Waals surface area contributed by atoms with Crippen molar-refractivity contribution >= 4 is 35.4 Å². The molecule has 0 heterocycles. The van der Waals surface area contributed by atoms with Crippen molar-refractivity contribution in [1.82, 2.24) is 5.43 Å². The van der Waals surface area contributed by atoms with Crippen molar-refractivity contribution in [3.8, 4) is 5.75 Å². The van der Waals surface area contributed by atoms with Gasteiger partial charge in [0.05, 0.1) is 23.3 Å². The first-order valence-corrected chi connectivity index (χ1v) is 8.44. The van der Waals surface area contributed by atoms with E-state index in [1.807, 2.05) is 0 Å². The predicted molar refractivity (Wildman–Crippen MR) is 102 cm³/mol. The van der Waals surface area contributed by atoms with Crippen molar-refractivity contribution in [3.05, 3.63) is 68.7 Å². The summed E-state index contributed by atoms with van der Waals surface area (Å²) in [6.07, 6.45) is 1.20. The van der Waals surface area contributed by atoms with E-state index in [9.17, 15) is 19.7 Å². The molecule has 2 aromatic carbocycles. The molecule has 0 spiro atoms. The van der Waals surface area contributed by atoms with Crippen molar-refractivity contribution in [2.45, 2.75) is 6.92 Å². The number of nitrogens with one attached hydrogen (secondary N) is 1. The van der Waals surface area contributed by atoms with Crippen LogP contribution in [0.25, 0.3) is 0 Å². The molecule has 2 rings (SSSR count). The number of carbonyl (C=O) groups excluding carboxylic acids is 2. The first-order valence-electron chi connectivity index (χ1n) is 8.06. The number of carbonyl (C=O) groups is 2. The second-order valence-corrected chi connectivity index (χ2v) is 5.70. The maximum absolute atomic E-state index is 11.8. The van der Waals surface area contributed by atoms with E-state index in [0.29, 0.717) is 11.3 Å². The smallest absolute Gasteiger partial charge is 0.338 e. The Morgan fingerprint density at radius 3 is 2.61 bits per heavy atom. The van der Waals surface area contributed by atoms with Gasteiger partial charge in [0.15, 0.2) is 6.61 Å². The topological polar surface area (TPSA) is 120 Å². The normalized spacial score (nSPS) is 10.5. The number of nitro benzene ring substituents is 1. The fourth-order valence-corrected chi connectivity index (χ4v) is 2.17. The Bertz CT molecular complexity index is 899. The Morgan fingerprint density at radius 1 is 1.25 bits per heavy atom. The Morgan fingerprint density at radius 2 is 1.96 bits per heavy atom. The van der Waals surface area contributed by atoms with Crippen molar-refractivity contribution in [2.75, 3.05) is 13.2 Å². The molecule has 0 aliphatic rings. The largest absolute Gasteiger partial charge is 0.484 e. The van der Waals surface area contributed by atoms with Gasteiger partial charge in [-0.15, -0.1) is 0 Å². The maximum Gasteiger partial charge on any atom is 0.338 e. The number of esters is 1. The van der Waals surface area contributed by atoms with Gasteiger partial charge >= 0.3 is 5.97 Å². The van der Waals surface area contributed by atoms with E-state index in [0.717, 1.165) is 0 Å². The molecule has 0 aromatic heterocycles. The fourth-order valence-electron chi connectivity index (χ4n) is 2.00. The van der Waals surface area contributed by atoms with Crippen LogP contribution in [-0.4, -0.2) is 36.2 Å². The highest BCUT2D eigenvalue weighted by molar-refractivity contribution is 6.33. The number of amides is 1. The van der Waals surface area contributed by atoms with E-state index >= 15 is 0 Å². The van der Waals surface area contributed by atoms with Gasteiger partial charge < -0.3 is 9.47 Å². The molecule has 0 fully saturated rings. The summed E-state index contributed by atoms with van der Waals surface area (Å²) in [6.45, 7) is 1.67. The van der Waals surface area contributed by atoms with Crippen LogP contribution in [0.15, 0.2) is 47.6 Å². The predicted octanol–water partition coefficient (Wildman–Crippen LogP) is 2.95. The van der Waals surface area contributed by atoms with Crippen LogP contribution in [0.3, 0.4) is 0 Å². The molecule has 146 valence electrons. The molecule has 1 N–H and O–H groups in total. The minimum Gasteiger partial charge on any atom is -0.484 e. The van der Waals surface area contributed by atoms with Gasteiger partial charge in [0.25, 0.3) is 11.6 Å². The number of hydrogen-bond donors (Lipinski definition) is 1. The number of hydrazone groups is 1. The van der Waals surface area contributed by atoms with Gasteiger partial charge in [0.1, 0.15) is 5.75 Å². The zero-order valence-electron chi connectivity index (χ0n) is 14.8. The minimum atomic E-state index is -0.562. The Balaban J connectivity index is 1.86. The summed E-state index contributed by atoms with van der Waals surface area (Å²) in [5, 5.41) is 14.7. The van der Waals surface area contributed by atoms with E-state index in [1.54, 1.807) is 6.92 Å². The molecule has 9 nitrogen and oxygen atoms in total. The molecule has 0 atom stereocenters. The molecule has 2 aromatic rings. The van der Waals surface area contributed by atoms with E-state index in [-0.39, 0.29) is 29.5 Å². The number of non-ortho nitro benzene ring substituents is 1. The number of nitrogens with zero attached hydrogens (tertiary/aromatic N) is 2. The second-order valence-electron chi connectivity index (χ2n) is 5.29. The summed E-state index contributed by atoms with van der Waals surface area (Å²) in [5.41, 5.74) is 2.74. The molecule has 10 heteroatoms. The van der Waals surface area contributed by atoms with Crippen molar-refractivity contribution in [2.24, 2.45) is 5.10 Å². The number of halogens is 1. The molecule has 0 aliphatic heterocycles. The SMILES string of the molecule is CCOC(=O)c1ccc(OCC(=O)N/N=C/c2cc([N+](=O)[O-])ccc2Cl)cc1. The van der Waals surface area contributed by atoms with Crippen LogP contribution in [-0.2, 0) is 9.53 Å². The summed E-state index contributed by atoms with van der Waals surface area (Å²) in [6, 6.07) is 9.98.